The van der Waals surface area contributed by atoms with Crippen LogP contribution in [0.15, 0.2) is 24.7 Å². The summed E-state index contributed by atoms with van der Waals surface area (Å²) >= 11 is 0. The number of hydrogen-bond donors (Lipinski definition) is 1. The van der Waals surface area contributed by atoms with E-state index < -0.39 is 0 Å². The summed E-state index contributed by atoms with van der Waals surface area (Å²) in [7, 11) is 0. The Labute approximate surface area is 110 Å². The molecule has 0 bridgehead atoms. The van der Waals surface area contributed by atoms with Crippen LogP contribution in [0, 0.1) is 0 Å². The van der Waals surface area contributed by atoms with Crippen LogP contribution in [0.4, 0.5) is 0 Å². The zero-order valence-corrected chi connectivity index (χ0v) is 10.4. The van der Waals surface area contributed by atoms with Gasteiger partial charge in [-0.3, -0.25) is 9.78 Å². The van der Waals surface area contributed by atoms with Gasteiger partial charge in [0, 0.05) is 31.7 Å². The maximum absolute atomic E-state index is 12.0. The van der Waals surface area contributed by atoms with Crippen LogP contribution in [0.25, 0.3) is 11.2 Å². The summed E-state index contributed by atoms with van der Waals surface area (Å²) in [4.78, 5) is 24.3. The number of pyridine rings is 1. The fourth-order valence-electron chi connectivity index (χ4n) is 2.10. The zero-order chi connectivity index (χ0) is 13.1. The van der Waals surface area contributed by atoms with E-state index in [0.717, 1.165) is 19.4 Å². The number of nitrogens with zero attached hydrogens (tertiary/aromatic N) is 3. The summed E-state index contributed by atoms with van der Waals surface area (Å²) in [6.45, 7) is 1.32. The van der Waals surface area contributed by atoms with Gasteiger partial charge in [0.1, 0.15) is 5.52 Å². The van der Waals surface area contributed by atoms with Crippen LogP contribution in [0.3, 0.4) is 0 Å². The molecule has 1 aliphatic heterocycles. The van der Waals surface area contributed by atoms with E-state index in [1.165, 1.54) is 6.20 Å². The molecule has 0 radical (unpaired) electrons. The van der Waals surface area contributed by atoms with E-state index in [2.05, 4.69) is 20.3 Å². The van der Waals surface area contributed by atoms with Gasteiger partial charge >= 0.3 is 0 Å². The van der Waals surface area contributed by atoms with Crippen molar-refractivity contribution in [3.8, 4) is 0 Å². The molecule has 6 nitrogen and oxygen atoms in total. The highest BCUT2D eigenvalue weighted by Gasteiger charge is 2.17. The smallest absolute Gasteiger partial charge is 0.253 e. The Morgan fingerprint density at radius 2 is 2.26 bits per heavy atom. The molecule has 3 heterocycles. The van der Waals surface area contributed by atoms with Gasteiger partial charge in [0.05, 0.1) is 11.7 Å². The molecule has 3 rings (SSSR count). The third kappa shape index (κ3) is 2.68. The Hall–Kier alpha value is -2.08. The molecule has 0 aromatic carbocycles. The molecule has 98 valence electrons. The Morgan fingerprint density at radius 1 is 1.37 bits per heavy atom. The molecule has 1 amide bonds. The van der Waals surface area contributed by atoms with Gasteiger partial charge in [0.2, 0.25) is 0 Å². The van der Waals surface area contributed by atoms with Crippen molar-refractivity contribution in [2.45, 2.75) is 18.9 Å². The lowest BCUT2D eigenvalue weighted by molar-refractivity contribution is 0.0857. The summed E-state index contributed by atoms with van der Waals surface area (Å²) in [5.41, 5.74) is 1.65. The van der Waals surface area contributed by atoms with E-state index in [9.17, 15) is 4.79 Å². The van der Waals surface area contributed by atoms with Gasteiger partial charge in [-0.25, -0.2) is 9.97 Å². The van der Waals surface area contributed by atoms with Crippen molar-refractivity contribution < 1.29 is 9.53 Å². The average molecular weight is 258 g/mol. The lowest BCUT2D eigenvalue weighted by Gasteiger charge is -2.10. The molecule has 2 aromatic rings. The van der Waals surface area contributed by atoms with Crippen LogP contribution in [0.2, 0.25) is 0 Å². The second-order valence-electron chi connectivity index (χ2n) is 4.47. The minimum absolute atomic E-state index is 0.136. The second-order valence-corrected chi connectivity index (χ2v) is 4.47. The molecular weight excluding hydrogens is 244 g/mol. The SMILES string of the molecule is O=C(NCC1CCCO1)c1cnc2nccnc2c1. The second kappa shape index (κ2) is 5.27. The molecule has 19 heavy (non-hydrogen) atoms. The Bertz CT molecular complexity index is 596. The molecular formula is C13H14N4O2. The maximum atomic E-state index is 12.0. The monoisotopic (exact) mass is 258 g/mol. The van der Waals surface area contributed by atoms with Crippen LogP contribution < -0.4 is 5.32 Å². The van der Waals surface area contributed by atoms with Gasteiger partial charge in [-0.2, -0.15) is 0 Å². The predicted octanol–water partition coefficient (Wildman–Crippen LogP) is 0.934. The zero-order valence-electron chi connectivity index (χ0n) is 10.4. The molecule has 0 spiro atoms. The van der Waals surface area contributed by atoms with Gasteiger partial charge in [0.15, 0.2) is 5.65 Å². The van der Waals surface area contributed by atoms with Gasteiger partial charge in [-0.1, -0.05) is 0 Å². The third-order valence-electron chi connectivity index (χ3n) is 3.10. The molecule has 1 aliphatic rings. The Balaban J connectivity index is 1.70. The fourth-order valence-corrected chi connectivity index (χ4v) is 2.10. The number of carbonyl (C=O) groups is 1. The number of nitrogens with one attached hydrogen (secondary N) is 1. The number of carbonyl (C=O) groups excluding carboxylic acids is 1. The topological polar surface area (TPSA) is 77.0 Å². The molecule has 0 aliphatic carbocycles. The van der Waals surface area contributed by atoms with E-state index in [4.69, 9.17) is 4.74 Å². The highest BCUT2D eigenvalue weighted by molar-refractivity contribution is 5.96. The van der Waals surface area contributed by atoms with Crippen molar-refractivity contribution in [1.82, 2.24) is 20.3 Å². The van der Waals surface area contributed by atoms with Crippen LogP contribution in [0.5, 0.6) is 0 Å². The lowest BCUT2D eigenvalue weighted by Crippen LogP contribution is -2.31. The van der Waals surface area contributed by atoms with E-state index in [-0.39, 0.29) is 12.0 Å². The molecule has 1 N–H and O–H groups in total. The van der Waals surface area contributed by atoms with E-state index in [1.807, 2.05) is 0 Å². The fraction of sp³-hybridized carbons (Fsp3) is 0.385. The number of amides is 1. The molecule has 1 atom stereocenters. The standard InChI is InChI=1S/C13H14N4O2/c18-13(17-8-10-2-1-5-19-10)9-6-11-12(16-7-9)15-4-3-14-11/h3-4,6-7,10H,1-2,5,8H2,(H,17,18). The summed E-state index contributed by atoms with van der Waals surface area (Å²) in [5.74, 6) is -0.157. The minimum atomic E-state index is -0.157. The van der Waals surface area contributed by atoms with Crippen molar-refractivity contribution in [1.29, 1.82) is 0 Å². The first-order valence-corrected chi connectivity index (χ1v) is 6.29. The Morgan fingerprint density at radius 3 is 3.11 bits per heavy atom. The summed E-state index contributed by atoms with van der Waals surface area (Å²) in [5, 5.41) is 2.85. The molecule has 1 saturated heterocycles. The summed E-state index contributed by atoms with van der Waals surface area (Å²) in [6.07, 6.45) is 6.87. The van der Waals surface area contributed by atoms with Crippen molar-refractivity contribution in [2.24, 2.45) is 0 Å². The molecule has 0 saturated carbocycles. The number of fused-ring (bicyclic) bond motifs is 1. The number of aromatic nitrogens is 3. The Kier molecular flexibility index (Phi) is 3.33. The minimum Gasteiger partial charge on any atom is -0.376 e. The maximum Gasteiger partial charge on any atom is 0.253 e. The van der Waals surface area contributed by atoms with E-state index in [1.54, 1.807) is 18.5 Å². The van der Waals surface area contributed by atoms with Gasteiger partial charge in [-0.05, 0) is 18.9 Å². The highest BCUT2D eigenvalue weighted by Crippen LogP contribution is 2.11. The molecule has 1 unspecified atom stereocenters. The molecule has 1 fully saturated rings. The largest absolute Gasteiger partial charge is 0.376 e. The number of hydrogen-bond acceptors (Lipinski definition) is 5. The van der Waals surface area contributed by atoms with Crippen LogP contribution >= 0.6 is 0 Å². The summed E-state index contributed by atoms with van der Waals surface area (Å²) < 4.78 is 5.46. The first kappa shape index (κ1) is 12.0. The first-order chi connectivity index (χ1) is 9.33. The predicted molar refractivity (Wildman–Crippen MR) is 68.6 cm³/mol. The van der Waals surface area contributed by atoms with E-state index >= 15 is 0 Å². The van der Waals surface area contributed by atoms with Gasteiger partial charge < -0.3 is 10.1 Å². The van der Waals surface area contributed by atoms with Gasteiger partial charge in [0.25, 0.3) is 5.91 Å². The van der Waals surface area contributed by atoms with Crippen molar-refractivity contribution in [2.75, 3.05) is 13.2 Å². The van der Waals surface area contributed by atoms with Crippen molar-refractivity contribution in [3.63, 3.8) is 0 Å². The number of rotatable bonds is 3. The average Bonchev–Trinajstić information content (AvgIpc) is 2.97. The van der Waals surface area contributed by atoms with Crippen LogP contribution in [-0.2, 0) is 4.74 Å². The normalized spacial score (nSPS) is 18.6. The summed E-state index contributed by atoms with van der Waals surface area (Å²) in [6, 6.07) is 1.69. The van der Waals surface area contributed by atoms with E-state index in [0.29, 0.717) is 23.3 Å². The van der Waals surface area contributed by atoms with Crippen molar-refractivity contribution >= 4 is 17.1 Å². The van der Waals surface area contributed by atoms with Crippen LogP contribution in [0.1, 0.15) is 23.2 Å². The first-order valence-electron chi connectivity index (χ1n) is 6.29. The van der Waals surface area contributed by atoms with Crippen LogP contribution in [-0.4, -0.2) is 40.1 Å². The molecule has 2 aromatic heterocycles. The third-order valence-corrected chi connectivity index (χ3v) is 3.10. The quantitative estimate of drug-likeness (QED) is 0.886. The number of ether oxygens (including phenoxy) is 1. The van der Waals surface area contributed by atoms with Gasteiger partial charge in [-0.15, -0.1) is 0 Å². The highest BCUT2D eigenvalue weighted by atomic mass is 16.5. The lowest BCUT2D eigenvalue weighted by atomic mass is 10.2. The molecule has 6 heteroatoms. The van der Waals surface area contributed by atoms with Crippen molar-refractivity contribution in [3.05, 3.63) is 30.2 Å².